The molecule has 0 radical (unpaired) electrons. The number of piperidine rings is 4. The lowest BCUT2D eigenvalue weighted by Crippen LogP contribution is -2.45. The molecule has 4 aromatic carbocycles. The first-order valence-electron chi connectivity index (χ1n) is 36.8. The molecule has 4 N–H and O–H groups in total. The number of nitrogen functional groups attached to an aromatic ring is 2. The fraction of sp³-hybridized carbons (Fsp3) is 0.513. The molecule has 0 unspecified atom stereocenters. The van der Waals surface area contributed by atoms with Crippen LogP contribution in [0.1, 0.15) is 96.4 Å². The predicted octanol–water partition coefficient (Wildman–Crippen LogP) is 8.34. The van der Waals surface area contributed by atoms with Gasteiger partial charge in [0.25, 0.3) is 11.4 Å². The van der Waals surface area contributed by atoms with Crippen LogP contribution in [0.3, 0.4) is 0 Å². The number of nitro groups is 2. The Kier molecular flexibility index (Phi) is 27.3. The van der Waals surface area contributed by atoms with E-state index in [-0.39, 0.29) is 57.9 Å². The number of hydrogen-bond acceptors (Lipinski definition) is 18. The number of carbonyl (C=O) groups excluding carboxylic acids is 4. The molecule has 4 amide bonds. The van der Waals surface area contributed by atoms with Gasteiger partial charge in [0.15, 0.2) is 0 Å². The maximum absolute atomic E-state index is 13.4. The van der Waals surface area contributed by atoms with Crippen LogP contribution < -0.4 is 11.5 Å². The zero-order chi connectivity index (χ0) is 71.2. The third-order valence-electron chi connectivity index (χ3n) is 21.1. The van der Waals surface area contributed by atoms with Gasteiger partial charge in [-0.3, -0.25) is 69.0 Å². The third-order valence-corrected chi connectivity index (χ3v) is 21.1. The Labute approximate surface area is 599 Å². The minimum atomic E-state index is -0.383. The first-order chi connectivity index (χ1) is 49.5. The predicted molar refractivity (Wildman–Crippen MR) is 391 cm³/mol. The molecule has 24 nitrogen and oxygen atoms in total. The molecule has 24 heteroatoms. The number of nitrogens with zero attached hydrogens (tertiary/aromatic N) is 12. The summed E-state index contributed by atoms with van der Waals surface area (Å²) >= 11 is 0. The number of carbonyl (C=O) groups is 4. The van der Waals surface area contributed by atoms with Crippen molar-refractivity contribution in [2.45, 2.75) is 103 Å². The Morgan fingerprint density at radius 1 is 0.353 bits per heavy atom. The van der Waals surface area contributed by atoms with E-state index in [0.29, 0.717) is 142 Å². The number of pyridine rings is 2. The molecule has 0 spiro atoms. The van der Waals surface area contributed by atoms with E-state index in [2.05, 4.69) is 43.9 Å². The summed E-state index contributed by atoms with van der Waals surface area (Å²) in [6, 6.07) is 41.9. The van der Waals surface area contributed by atoms with Crippen molar-refractivity contribution in [3.8, 4) is 0 Å². The largest absolute Gasteiger partial charge is 0.399 e. The SMILES string of the molecule is Nc1ccc(CC2CCN(C(=O)CN3CCOCCN(CC(=O)N4CCC(Cc5ccc(N)cc5)CC4)Cc4cccc(n4)C3)CC2)cc1.O=C(CN1CCOCCN(CC(=O)N2CCC(Cc3ccc([N+](=O)[O-])cc3)CC2)Cc2cccc(n2)C1)N1CCC(Cc2ccc([N+](=O)[O-])cc2)CC1. The Morgan fingerprint density at radius 3 is 0.804 bits per heavy atom. The molecule has 544 valence electrons. The van der Waals surface area contributed by atoms with Gasteiger partial charge in [0, 0.05) is 140 Å². The molecular weight excluding hydrogens is 1290 g/mol. The van der Waals surface area contributed by atoms with Gasteiger partial charge in [-0.05, 0) is 172 Å². The molecule has 0 atom stereocenters. The van der Waals surface area contributed by atoms with E-state index >= 15 is 0 Å². The second-order valence-electron chi connectivity index (χ2n) is 28.8. The number of aromatic nitrogens is 2. The van der Waals surface area contributed by atoms with Crippen LogP contribution in [0, 0.1) is 43.9 Å². The van der Waals surface area contributed by atoms with Crippen molar-refractivity contribution in [1.29, 1.82) is 0 Å². The summed E-state index contributed by atoms with van der Waals surface area (Å²) in [4.78, 5) is 101. The first kappa shape index (κ1) is 74.4. The van der Waals surface area contributed by atoms with E-state index in [1.807, 2.05) is 105 Å². The number of fused-ring (bicyclic) bond motifs is 4. The first-order valence-corrected chi connectivity index (χ1v) is 36.8. The Hall–Kier alpha value is -8.78. The summed E-state index contributed by atoms with van der Waals surface area (Å²) in [5.74, 6) is 2.59. The fourth-order valence-corrected chi connectivity index (χ4v) is 15.0. The van der Waals surface area contributed by atoms with Crippen LogP contribution in [-0.2, 0) is 80.5 Å². The quantitative estimate of drug-likeness (QED) is 0.0464. The van der Waals surface area contributed by atoms with Gasteiger partial charge in [-0.25, -0.2) is 0 Å². The normalized spacial score (nSPS) is 18.9. The Balaban J connectivity index is 0.000000206. The highest BCUT2D eigenvalue weighted by atomic mass is 16.6. The van der Waals surface area contributed by atoms with Crippen LogP contribution in [0.5, 0.6) is 0 Å². The van der Waals surface area contributed by atoms with Crippen molar-refractivity contribution >= 4 is 46.4 Å². The Bertz CT molecular complexity index is 3460. The number of rotatable bonds is 18. The van der Waals surface area contributed by atoms with Crippen molar-refractivity contribution < 1.29 is 38.5 Å². The lowest BCUT2D eigenvalue weighted by atomic mass is 9.90. The average molecular weight is 1400 g/mol. The number of amides is 4. The van der Waals surface area contributed by atoms with Crippen molar-refractivity contribution in [2.75, 3.05) is 143 Å². The molecule has 0 aliphatic carbocycles. The van der Waals surface area contributed by atoms with Crippen molar-refractivity contribution in [3.05, 3.63) is 199 Å². The second-order valence-corrected chi connectivity index (χ2v) is 28.8. The minimum absolute atomic E-state index is 0.0983. The summed E-state index contributed by atoms with van der Waals surface area (Å²) in [5, 5.41) is 21.9. The van der Waals surface area contributed by atoms with Crippen molar-refractivity contribution in [1.82, 2.24) is 49.2 Å². The molecule has 6 aliphatic rings. The number of likely N-dealkylation sites (tertiary alicyclic amines) is 4. The van der Waals surface area contributed by atoms with Crippen LogP contribution in [0.2, 0.25) is 0 Å². The number of hydrogen-bond donors (Lipinski definition) is 2. The van der Waals surface area contributed by atoms with Crippen molar-refractivity contribution in [3.63, 3.8) is 0 Å². The molecule has 6 aromatic rings. The van der Waals surface area contributed by atoms with Gasteiger partial charge in [0.2, 0.25) is 23.6 Å². The summed E-state index contributed by atoms with van der Waals surface area (Å²) < 4.78 is 12.1. The molecule has 4 saturated heterocycles. The number of nitro benzene ring substituents is 2. The van der Waals surface area contributed by atoms with Crippen LogP contribution >= 0.6 is 0 Å². The smallest absolute Gasteiger partial charge is 0.269 e. The van der Waals surface area contributed by atoms with Gasteiger partial charge in [0.1, 0.15) is 0 Å². The van der Waals surface area contributed by atoms with E-state index in [4.69, 9.17) is 30.9 Å². The zero-order valence-corrected chi connectivity index (χ0v) is 59.1. The van der Waals surface area contributed by atoms with E-state index in [9.17, 15) is 39.4 Å². The van der Waals surface area contributed by atoms with Gasteiger partial charge in [-0.15, -0.1) is 0 Å². The number of anilines is 2. The topological polar surface area (TPSA) is 277 Å². The van der Waals surface area contributed by atoms with Gasteiger partial charge in [0.05, 0.1) is 85.2 Å². The van der Waals surface area contributed by atoms with Crippen molar-refractivity contribution in [2.24, 2.45) is 23.7 Å². The molecule has 0 saturated carbocycles. The number of non-ortho nitro benzene ring substituents is 2. The lowest BCUT2D eigenvalue weighted by Gasteiger charge is -2.34. The summed E-state index contributed by atoms with van der Waals surface area (Å²) in [5.41, 5.74) is 21.9. The van der Waals surface area contributed by atoms with Crippen LogP contribution in [0.15, 0.2) is 133 Å². The van der Waals surface area contributed by atoms with Gasteiger partial charge in [-0.1, -0.05) is 60.7 Å². The van der Waals surface area contributed by atoms with Gasteiger partial charge in [-0.2, -0.15) is 0 Å². The monoisotopic (exact) mass is 1390 g/mol. The highest BCUT2D eigenvalue weighted by Gasteiger charge is 2.30. The standard InChI is InChI=1S/C39H49N7O7.C39H53N7O3/c47-38(43-16-12-32(13-17-43)24-30-4-8-36(9-5-30)45(49)50)28-41-20-22-53-23-21-42(27-35-3-1-2-34(26-41)40-35)29-39(48)44-18-14-33(15-19-44)25-31-6-10-37(11-7-31)46(51)52;40-34-8-4-30(5-9-34)24-32-12-16-45(17-13-32)38(47)28-43-20-22-49-23-21-44(27-37-3-1-2-36(26-43)42-37)29-39(48)46-18-14-33(15-19-46)25-31-6-10-35(41)11-7-31/h1-11,32-33H,12-29H2;1-11,32-33H,12-29,40-41H2. The third kappa shape index (κ3) is 23.1. The van der Waals surface area contributed by atoms with Crippen LogP contribution in [-0.4, -0.2) is 214 Å². The molecule has 4 bridgehead atoms. The second kappa shape index (κ2) is 37.4. The number of benzene rings is 4. The number of ether oxygens (including phenoxy) is 2. The molecule has 102 heavy (non-hydrogen) atoms. The molecule has 12 rings (SSSR count). The summed E-state index contributed by atoms with van der Waals surface area (Å²) in [7, 11) is 0. The highest BCUT2D eigenvalue weighted by Crippen LogP contribution is 2.28. The molecular formula is C78H102N14O10. The van der Waals surface area contributed by atoms with E-state index in [1.54, 1.807) is 24.3 Å². The van der Waals surface area contributed by atoms with E-state index in [1.165, 1.54) is 11.1 Å². The lowest BCUT2D eigenvalue weighted by molar-refractivity contribution is -0.385. The fourth-order valence-electron chi connectivity index (χ4n) is 15.0. The van der Waals surface area contributed by atoms with Crippen LogP contribution in [0.4, 0.5) is 22.7 Å². The molecule has 8 heterocycles. The van der Waals surface area contributed by atoms with Gasteiger partial charge < -0.3 is 40.5 Å². The maximum atomic E-state index is 13.4. The zero-order valence-electron chi connectivity index (χ0n) is 59.1. The molecule has 2 aromatic heterocycles. The molecule has 6 aliphatic heterocycles. The molecule has 4 fully saturated rings. The average Bonchev–Trinajstić information content (AvgIpc) is 0.872. The number of nitrogens with two attached hydrogens (primary N) is 2. The van der Waals surface area contributed by atoms with E-state index in [0.717, 1.165) is 149 Å². The minimum Gasteiger partial charge on any atom is -0.399 e. The Morgan fingerprint density at radius 2 is 0.578 bits per heavy atom. The summed E-state index contributed by atoms with van der Waals surface area (Å²) in [6.07, 6.45) is 11.4. The van der Waals surface area contributed by atoms with Crippen LogP contribution in [0.25, 0.3) is 0 Å². The van der Waals surface area contributed by atoms with Gasteiger partial charge >= 0.3 is 0 Å². The summed E-state index contributed by atoms with van der Waals surface area (Å²) in [6.45, 7) is 13.9. The highest BCUT2D eigenvalue weighted by molar-refractivity contribution is 5.80. The van der Waals surface area contributed by atoms with E-state index < -0.39 is 0 Å². The maximum Gasteiger partial charge on any atom is 0.269 e.